The lowest BCUT2D eigenvalue weighted by Crippen LogP contribution is -2.55. The summed E-state index contributed by atoms with van der Waals surface area (Å²) in [6.07, 6.45) is 5.38. The number of amides is 1. The second-order valence-corrected chi connectivity index (χ2v) is 8.19. The van der Waals surface area contributed by atoms with Crippen molar-refractivity contribution in [3.8, 4) is 5.69 Å². The fraction of sp³-hybridized carbons (Fsp3) is 0.500. The monoisotopic (exact) mass is 572 g/mol. The average molecular weight is 573 g/mol. The molecule has 1 amide bonds. The van der Waals surface area contributed by atoms with Gasteiger partial charge in [-0.05, 0) is 44.0 Å². The fourth-order valence-electron chi connectivity index (χ4n) is 3.88. The Morgan fingerprint density at radius 2 is 1.94 bits per heavy atom. The number of halogens is 2. The van der Waals surface area contributed by atoms with Crippen molar-refractivity contribution in [1.29, 1.82) is 0 Å². The summed E-state index contributed by atoms with van der Waals surface area (Å²) in [5.41, 5.74) is 1.98. The van der Waals surface area contributed by atoms with Gasteiger partial charge in [-0.1, -0.05) is 11.6 Å². The number of hydrogen-bond donors (Lipinski definition) is 1. The summed E-state index contributed by atoms with van der Waals surface area (Å²) in [5.74, 6) is 1.000. The summed E-state index contributed by atoms with van der Waals surface area (Å²) < 4.78 is 7.38. The number of piperazine rings is 1. The third-order valence-corrected chi connectivity index (χ3v) is 5.82. The van der Waals surface area contributed by atoms with E-state index in [1.165, 1.54) is 0 Å². The van der Waals surface area contributed by atoms with Crippen LogP contribution in [0.4, 0.5) is 0 Å². The van der Waals surface area contributed by atoms with Gasteiger partial charge in [-0.15, -0.1) is 24.0 Å². The first kappa shape index (κ1) is 24.8. The molecule has 1 aromatic carbocycles. The SMILES string of the molecule is CCNC(=NCc1cnn(-c2ccc(Cl)cc2)c1)N1CCN(C(=O)C2CCCO2)CC1.I. The number of guanidine groups is 1. The highest BCUT2D eigenvalue weighted by Gasteiger charge is 2.30. The highest BCUT2D eigenvalue weighted by atomic mass is 127. The second kappa shape index (κ2) is 11.9. The van der Waals surface area contributed by atoms with E-state index >= 15 is 0 Å². The maximum Gasteiger partial charge on any atom is 0.251 e. The zero-order valence-electron chi connectivity index (χ0n) is 18.2. The number of nitrogens with one attached hydrogen (secondary N) is 1. The number of carbonyl (C=O) groups excluding carboxylic acids is 1. The van der Waals surface area contributed by atoms with E-state index in [0.717, 1.165) is 49.7 Å². The van der Waals surface area contributed by atoms with Crippen molar-refractivity contribution >= 4 is 47.4 Å². The zero-order valence-corrected chi connectivity index (χ0v) is 21.3. The molecule has 2 aliphatic heterocycles. The molecule has 2 fully saturated rings. The summed E-state index contributed by atoms with van der Waals surface area (Å²) in [7, 11) is 0. The molecule has 8 nitrogen and oxygen atoms in total. The van der Waals surface area contributed by atoms with Crippen LogP contribution in [0.5, 0.6) is 0 Å². The van der Waals surface area contributed by atoms with Gasteiger partial charge in [0.15, 0.2) is 5.96 Å². The van der Waals surface area contributed by atoms with Crippen molar-refractivity contribution in [1.82, 2.24) is 24.9 Å². The fourth-order valence-corrected chi connectivity index (χ4v) is 4.01. The molecule has 4 rings (SSSR count). The summed E-state index contributed by atoms with van der Waals surface area (Å²) >= 11 is 5.96. The number of hydrogen-bond acceptors (Lipinski definition) is 4. The van der Waals surface area contributed by atoms with E-state index in [9.17, 15) is 4.79 Å². The molecule has 1 unspecified atom stereocenters. The summed E-state index contributed by atoms with van der Waals surface area (Å²) in [5, 5.41) is 8.51. The minimum atomic E-state index is -0.245. The first-order chi connectivity index (χ1) is 15.1. The molecular weight excluding hydrogens is 543 g/mol. The lowest BCUT2D eigenvalue weighted by molar-refractivity contribution is -0.142. The smallest absolute Gasteiger partial charge is 0.251 e. The highest BCUT2D eigenvalue weighted by molar-refractivity contribution is 14.0. The van der Waals surface area contributed by atoms with Crippen LogP contribution in [0.2, 0.25) is 5.02 Å². The zero-order chi connectivity index (χ0) is 21.6. The van der Waals surface area contributed by atoms with Crippen molar-refractivity contribution in [2.24, 2.45) is 4.99 Å². The number of rotatable bonds is 5. The first-order valence-corrected chi connectivity index (χ1v) is 11.2. The number of carbonyl (C=O) groups is 1. The third-order valence-electron chi connectivity index (χ3n) is 5.57. The molecule has 1 N–H and O–H groups in total. The van der Waals surface area contributed by atoms with Crippen LogP contribution in [0.1, 0.15) is 25.3 Å². The van der Waals surface area contributed by atoms with Gasteiger partial charge >= 0.3 is 0 Å². The number of aliphatic imine (C=N–C) groups is 1. The Hall–Kier alpha value is -1.85. The predicted molar refractivity (Wildman–Crippen MR) is 136 cm³/mol. The minimum absolute atomic E-state index is 0. The predicted octanol–water partition coefficient (Wildman–Crippen LogP) is 2.93. The van der Waals surface area contributed by atoms with E-state index in [0.29, 0.717) is 31.3 Å². The number of ether oxygens (including phenoxy) is 1. The first-order valence-electron chi connectivity index (χ1n) is 10.9. The van der Waals surface area contributed by atoms with E-state index in [4.69, 9.17) is 21.3 Å². The highest BCUT2D eigenvalue weighted by Crippen LogP contribution is 2.17. The molecule has 0 saturated carbocycles. The Balaban J connectivity index is 0.00000289. The number of benzene rings is 1. The van der Waals surface area contributed by atoms with Crippen molar-refractivity contribution in [2.75, 3.05) is 39.3 Å². The molecule has 2 saturated heterocycles. The Morgan fingerprint density at radius 1 is 1.22 bits per heavy atom. The van der Waals surface area contributed by atoms with Crippen LogP contribution >= 0.6 is 35.6 Å². The van der Waals surface area contributed by atoms with Crippen LogP contribution in [0.3, 0.4) is 0 Å². The molecular formula is C22H30ClIN6O2. The standard InChI is InChI=1S/C22H29ClN6O2.HI/c1-2-24-22(28-11-9-27(10-12-28)21(30)20-4-3-13-31-20)25-14-17-15-26-29(16-17)19-7-5-18(23)6-8-19;/h5-8,15-16,20H,2-4,9-14H2,1H3,(H,24,25);1H. The van der Waals surface area contributed by atoms with E-state index in [1.54, 1.807) is 0 Å². The quantitative estimate of drug-likeness (QED) is 0.339. The van der Waals surface area contributed by atoms with Crippen molar-refractivity contribution in [3.63, 3.8) is 0 Å². The number of nitrogens with zero attached hydrogens (tertiary/aromatic N) is 5. The number of aromatic nitrogens is 2. The van der Waals surface area contributed by atoms with Gasteiger partial charge in [-0.25, -0.2) is 9.67 Å². The van der Waals surface area contributed by atoms with Crippen LogP contribution in [0.25, 0.3) is 5.69 Å². The molecule has 2 aliphatic rings. The van der Waals surface area contributed by atoms with Crippen LogP contribution in [0, 0.1) is 0 Å². The molecule has 10 heteroatoms. The van der Waals surface area contributed by atoms with Gasteiger partial charge in [0.2, 0.25) is 0 Å². The molecule has 0 aliphatic carbocycles. The maximum absolute atomic E-state index is 12.6. The van der Waals surface area contributed by atoms with Gasteiger partial charge in [0.1, 0.15) is 6.10 Å². The Labute approximate surface area is 211 Å². The van der Waals surface area contributed by atoms with Gasteiger partial charge in [0.05, 0.1) is 18.4 Å². The molecule has 2 aromatic rings. The topological polar surface area (TPSA) is 75.0 Å². The second-order valence-electron chi connectivity index (χ2n) is 7.75. The molecule has 1 aromatic heterocycles. The van der Waals surface area contributed by atoms with Crippen molar-refractivity contribution < 1.29 is 9.53 Å². The summed E-state index contributed by atoms with van der Waals surface area (Å²) in [4.78, 5) is 21.5. The molecule has 0 spiro atoms. The Bertz CT molecular complexity index is 905. The van der Waals surface area contributed by atoms with Crippen LogP contribution in [0.15, 0.2) is 41.7 Å². The van der Waals surface area contributed by atoms with E-state index < -0.39 is 0 Å². The van der Waals surface area contributed by atoms with Gasteiger partial charge in [-0.3, -0.25) is 4.79 Å². The maximum atomic E-state index is 12.6. The van der Waals surface area contributed by atoms with Crippen molar-refractivity contribution in [3.05, 3.63) is 47.2 Å². The molecule has 32 heavy (non-hydrogen) atoms. The van der Waals surface area contributed by atoms with Crippen LogP contribution < -0.4 is 5.32 Å². The van der Waals surface area contributed by atoms with E-state index in [-0.39, 0.29) is 36.0 Å². The average Bonchev–Trinajstić information content (AvgIpc) is 3.49. The summed E-state index contributed by atoms with van der Waals surface area (Å²) in [6.45, 7) is 6.98. The van der Waals surface area contributed by atoms with Gasteiger partial charge < -0.3 is 19.9 Å². The molecule has 3 heterocycles. The Kier molecular flexibility index (Phi) is 9.18. The lowest BCUT2D eigenvalue weighted by Gasteiger charge is -2.37. The minimum Gasteiger partial charge on any atom is -0.368 e. The molecule has 0 bridgehead atoms. The van der Waals surface area contributed by atoms with E-state index in [1.807, 2.05) is 46.2 Å². The normalized spacial score (nSPS) is 19.1. The van der Waals surface area contributed by atoms with Gasteiger partial charge in [0.25, 0.3) is 5.91 Å². The Morgan fingerprint density at radius 3 is 2.59 bits per heavy atom. The van der Waals surface area contributed by atoms with Gasteiger partial charge in [-0.2, -0.15) is 5.10 Å². The van der Waals surface area contributed by atoms with Crippen molar-refractivity contribution in [2.45, 2.75) is 32.4 Å². The molecule has 1 atom stereocenters. The van der Waals surface area contributed by atoms with Crippen LogP contribution in [-0.4, -0.2) is 76.9 Å². The molecule has 174 valence electrons. The molecule has 0 radical (unpaired) electrons. The van der Waals surface area contributed by atoms with Crippen LogP contribution in [-0.2, 0) is 16.1 Å². The van der Waals surface area contributed by atoms with E-state index in [2.05, 4.69) is 22.2 Å². The third kappa shape index (κ3) is 6.14. The summed E-state index contributed by atoms with van der Waals surface area (Å²) in [6, 6.07) is 7.57. The largest absolute Gasteiger partial charge is 0.368 e. The lowest BCUT2D eigenvalue weighted by atomic mass is 10.2. The van der Waals surface area contributed by atoms with Gasteiger partial charge in [0, 0.05) is 56.1 Å².